The van der Waals surface area contributed by atoms with Gasteiger partial charge in [0.25, 0.3) is 11.8 Å². The van der Waals surface area contributed by atoms with Crippen molar-refractivity contribution in [2.45, 2.75) is 25.9 Å². The van der Waals surface area contributed by atoms with Gasteiger partial charge in [-0.25, -0.2) is 10.1 Å². The Morgan fingerprint density at radius 2 is 1.76 bits per heavy atom. The molecule has 7 rings (SSSR count). The fourth-order valence-electron chi connectivity index (χ4n) is 6.93. The summed E-state index contributed by atoms with van der Waals surface area (Å²) in [5.41, 5.74) is 5.42. The van der Waals surface area contributed by atoms with Crippen molar-refractivity contribution < 1.29 is 23.9 Å². The summed E-state index contributed by atoms with van der Waals surface area (Å²) in [4.78, 5) is 39.1. The Labute approximate surface area is 295 Å². The van der Waals surface area contributed by atoms with Crippen LogP contribution in [0.5, 0.6) is 5.75 Å². The Balaban J connectivity index is 1.27. The van der Waals surface area contributed by atoms with Crippen molar-refractivity contribution in [1.29, 1.82) is 0 Å². The molecule has 12 heteroatoms. The minimum Gasteiger partial charge on any atom is -0.508 e. The van der Waals surface area contributed by atoms with Gasteiger partial charge in [0.2, 0.25) is 0 Å². The van der Waals surface area contributed by atoms with E-state index in [2.05, 4.69) is 22.0 Å². The Bertz CT molecular complexity index is 1990. The predicted molar refractivity (Wildman–Crippen MR) is 191 cm³/mol. The molecule has 0 radical (unpaired) electrons. The Morgan fingerprint density at radius 3 is 2.50 bits per heavy atom. The minimum absolute atomic E-state index is 0.0232. The first-order valence-corrected chi connectivity index (χ1v) is 17.0. The van der Waals surface area contributed by atoms with Crippen LogP contribution < -0.4 is 4.90 Å². The van der Waals surface area contributed by atoms with Gasteiger partial charge in [-0.3, -0.25) is 19.4 Å². The zero-order chi connectivity index (χ0) is 34.9. The first-order chi connectivity index (χ1) is 24.2. The lowest BCUT2D eigenvalue weighted by Crippen LogP contribution is -2.52. The fraction of sp³-hybridized carbons (Fsp3) is 0.289. The molecule has 1 fully saturated rings. The maximum absolute atomic E-state index is 14.7. The molecule has 0 aliphatic carbocycles. The van der Waals surface area contributed by atoms with E-state index in [1.165, 1.54) is 28.8 Å². The molecule has 50 heavy (non-hydrogen) atoms. The zero-order valence-corrected chi connectivity index (χ0v) is 28.7. The quantitative estimate of drug-likeness (QED) is 0.239. The molecule has 2 amide bonds. The van der Waals surface area contributed by atoms with Crippen LogP contribution in [0.1, 0.15) is 37.5 Å². The average Bonchev–Trinajstić information content (AvgIpc) is 3.42. The fourth-order valence-corrected chi connectivity index (χ4v) is 7.10. The van der Waals surface area contributed by atoms with Crippen molar-refractivity contribution in [3.05, 3.63) is 118 Å². The van der Waals surface area contributed by atoms with Crippen molar-refractivity contribution in [2.24, 2.45) is 12.0 Å². The number of halogens is 2. The molecule has 1 N–H and O–H groups in total. The predicted octanol–water partition coefficient (Wildman–Crippen LogP) is 5.98. The van der Waals surface area contributed by atoms with Gasteiger partial charge in [0, 0.05) is 73.0 Å². The molecule has 258 valence electrons. The zero-order valence-electron chi connectivity index (χ0n) is 27.9. The Morgan fingerprint density at radius 1 is 1.02 bits per heavy atom. The molecule has 3 aromatic carbocycles. The molecule has 3 aliphatic rings. The smallest absolute Gasteiger partial charge is 0.265 e. The molecule has 4 heterocycles. The minimum atomic E-state index is -0.457. The van der Waals surface area contributed by atoms with Gasteiger partial charge < -0.3 is 19.3 Å². The van der Waals surface area contributed by atoms with E-state index in [1.807, 2.05) is 35.6 Å². The number of aromatic nitrogens is 1. The number of carbonyl (C=O) groups excluding carboxylic acids is 2. The number of carbonyl (C=O) groups is 2. The van der Waals surface area contributed by atoms with Crippen molar-refractivity contribution >= 4 is 35.3 Å². The molecule has 0 bridgehead atoms. The molecular formula is C38H38ClFN6O4. The third kappa shape index (κ3) is 6.64. The Hall–Kier alpha value is -4.97. The number of hydrogen-bond donors (Lipinski definition) is 1. The molecule has 0 unspecified atom stereocenters. The van der Waals surface area contributed by atoms with Crippen LogP contribution in [0.25, 0.3) is 11.3 Å². The summed E-state index contributed by atoms with van der Waals surface area (Å²) in [6.45, 7) is 5.96. The van der Waals surface area contributed by atoms with Crippen LogP contribution >= 0.6 is 11.6 Å². The molecule has 10 nitrogen and oxygen atoms in total. The lowest BCUT2D eigenvalue weighted by atomic mass is 9.92. The summed E-state index contributed by atoms with van der Waals surface area (Å²) in [6.07, 6.45) is 3.28. The number of benzene rings is 3. The molecule has 0 spiro atoms. The van der Waals surface area contributed by atoms with Crippen LogP contribution in [-0.4, -0.2) is 88.1 Å². The van der Waals surface area contributed by atoms with Crippen LogP contribution in [0.4, 0.5) is 10.2 Å². The number of aliphatic imine (C=N–C) groups is 1. The second-order valence-corrected chi connectivity index (χ2v) is 13.2. The summed E-state index contributed by atoms with van der Waals surface area (Å²) >= 11 is 6.59. The van der Waals surface area contributed by atoms with Crippen molar-refractivity contribution in [1.82, 2.24) is 19.5 Å². The van der Waals surface area contributed by atoms with Gasteiger partial charge in [0.05, 0.1) is 37.2 Å². The van der Waals surface area contributed by atoms with Crippen molar-refractivity contribution in [3.63, 3.8) is 0 Å². The third-order valence-corrected chi connectivity index (χ3v) is 9.95. The van der Waals surface area contributed by atoms with Crippen LogP contribution in [0, 0.1) is 6.92 Å². The van der Waals surface area contributed by atoms with Crippen molar-refractivity contribution in [2.75, 3.05) is 44.3 Å². The molecule has 1 saturated heterocycles. The van der Waals surface area contributed by atoms with Crippen LogP contribution in [0.15, 0.2) is 89.8 Å². The standard InChI is InChI=1S/C38H38ClFN6O4/c1-25-33(38(49)46(29-8-10-31(47)11-9-29)36-24-44(40)14-13-41-36)21-35(42(25)2)34-20-28(39)7-12-32(34)37(48)45-22-27-6-4-3-5-26(27)19-30(45)23-43-15-17-50-18-16-43/h3-13,20-21,24,30,47H,14-19,22-23H2,1-2H3/t30-/m0/s1. The van der Waals surface area contributed by atoms with E-state index in [1.54, 1.807) is 36.4 Å². The number of morpholine rings is 1. The number of fused-ring (bicyclic) bond motifs is 1. The van der Waals surface area contributed by atoms with E-state index in [0.29, 0.717) is 63.7 Å². The van der Waals surface area contributed by atoms with Crippen LogP contribution in [0.3, 0.4) is 0 Å². The van der Waals surface area contributed by atoms with Gasteiger partial charge in [-0.1, -0.05) is 35.9 Å². The van der Waals surface area contributed by atoms with E-state index in [0.717, 1.165) is 37.8 Å². The lowest BCUT2D eigenvalue weighted by molar-refractivity contribution is 0.0193. The van der Waals surface area contributed by atoms with Crippen molar-refractivity contribution in [3.8, 4) is 17.0 Å². The van der Waals surface area contributed by atoms with E-state index in [4.69, 9.17) is 16.3 Å². The number of anilines is 1. The normalized spacial score (nSPS) is 17.8. The maximum Gasteiger partial charge on any atom is 0.265 e. The number of hydrogen-bond acceptors (Lipinski definition) is 7. The van der Waals surface area contributed by atoms with E-state index < -0.39 is 5.91 Å². The van der Waals surface area contributed by atoms with Gasteiger partial charge in [-0.2, -0.15) is 0 Å². The van der Waals surface area contributed by atoms with Gasteiger partial charge in [0.15, 0.2) is 5.82 Å². The number of nitrogens with zero attached hydrogens (tertiary/aromatic N) is 6. The van der Waals surface area contributed by atoms with E-state index in [-0.39, 0.29) is 30.1 Å². The largest absolute Gasteiger partial charge is 0.508 e. The van der Waals surface area contributed by atoms with Gasteiger partial charge in [0.1, 0.15) is 5.75 Å². The first-order valence-electron chi connectivity index (χ1n) is 16.6. The highest BCUT2D eigenvalue weighted by atomic mass is 35.5. The highest BCUT2D eigenvalue weighted by Crippen LogP contribution is 2.35. The Kier molecular flexibility index (Phi) is 9.46. The maximum atomic E-state index is 14.7. The molecule has 0 saturated carbocycles. The number of amides is 2. The summed E-state index contributed by atoms with van der Waals surface area (Å²) in [6, 6.07) is 21.2. The third-order valence-electron chi connectivity index (χ3n) is 9.72. The molecular weight excluding hydrogens is 659 g/mol. The first kappa shape index (κ1) is 33.5. The monoisotopic (exact) mass is 696 g/mol. The molecule has 3 aliphatic heterocycles. The number of aromatic hydroxyl groups is 1. The highest BCUT2D eigenvalue weighted by Gasteiger charge is 2.34. The van der Waals surface area contributed by atoms with Crippen LogP contribution in [0.2, 0.25) is 5.02 Å². The van der Waals surface area contributed by atoms with Gasteiger partial charge >= 0.3 is 0 Å². The van der Waals surface area contributed by atoms with Gasteiger partial charge in [-0.15, -0.1) is 4.48 Å². The van der Waals surface area contributed by atoms with E-state index in [9.17, 15) is 19.2 Å². The SMILES string of the molecule is Cc1c(C(=O)N(C2=CN(F)CC=N2)c2ccc(O)cc2)cc(-c2cc(Cl)ccc2C(=O)N2Cc3ccccc3C[C@H]2CN2CCOCC2)n1C. The van der Waals surface area contributed by atoms with Crippen LogP contribution in [-0.2, 0) is 24.8 Å². The number of rotatable bonds is 7. The summed E-state index contributed by atoms with van der Waals surface area (Å²) < 4.78 is 21.8. The van der Waals surface area contributed by atoms with Gasteiger partial charge in [-0.05, 0) is 73.0 Å². The second-order valence-electron chi connectivity index (χ2n) is 12.8. The number of phenols is 1. The average molecular weight is 697 g/mol. The topological polar surface area (TPSA) is 93.8 Å². The molecule has 1 atom stereocenters. The second kappa shape index (κ2) is 14.1. The molecule has 1 aromatic heterocycles. The summed E-state index contributed by atoms with van der Waals surface area (Å²) in [5, 5.41) is 10.8. The van der Waals surface area contributed by atoms with E-state index >= 15 is 0 Å². The summed E-state index contributed by atoms with van der Waals surface area (Å²) in [5.74, 6) is -0.474. The number of phenolic OH excluding ortho intramolecular Hbond substituents is 1. The molecule has 4 aromatic rings. The lowest BCUT2D eigenvalue weighted by Gasteiger charge is -2.40. The summed E-state index contributed by atoms with van der Waals surface area (Å²) in [7, 11) is 1.83. The number of ether oxygens (including phenoxy) is 1. The highest BCUT2D eigenvalue weighted by molar-refractivity contribution is 6.31.